The van der Waals surface area contributed by atoms with E-state index in [1.807, 2.05) is 42.5 Å². The van der Waals surface area contributed by atoms with Crippen LogP contribution in [0.3, 0.4) is 0 Å². The summed E-state index contributed by atoms with van der Waals surface area (Å²) in [4.78, 5) is 19.5. The van der Waals surface area contributed by atoms with Crippen LogP contribution in [0, 0.1) is 0 Å². The second-order valence-electron chi connectivity index (χ2n) is 7.52. The maximum absolute atomic E-state index is 13.5. The van der Waals surface area contributed by atoms with Gasteiger partial charge in [0, 0.05) is 13.2 Å². The first-order valence-electron chi connectivity index (χ1n) is 10.3. The molecule has 4 rings (SSSR count). The van der Waals surface area contributed by atoms with Crippen LogP contribution in [0.5, 0.6) is 5.75 Å². The molecule has 0 saturated carbocycles. The van der Waals surface area contributed by atoms with Crippen molar-refractivity contribution in [2.45, 2.75) is 12.2 Å². The van der Waals surface area contributed by atoms with Gasteiger partial charge in [-0.15, -0.1) is 0 Å². The molecular weight excluding hydrogens is 445 g/mol. The number of aromatic nitrogens is 3. The Labute approximate surface area is 194 Å². The summed E-state index contributed by atoms with van der Waals surface area (Å²) in [5.41, 5.74) is 0.802. The standard InChI is InChI=1S/C25H21F3N4O2/c1-31(23(17-9-4-3-5-10-17)20-13-6-7-14-29-20)24(33)22-21(34-2)16-32(30-22)19-12-8-11-18(15-19)25(26,27)28/h3-16,23H,1-2H3. The van der Waals surface area contributed by atoms with Gasteiger partial charge in [-0.05, 0) is 35.9 Å². The van der Waals surface area contributed by atoms with E-state index in [1.165, 1.54) is 35.0 Å². The second-order valence-corrected chi connectivity index (χ2v) is 7.52. The topological polar surface area (TPSA) is 60.3 Å². The molecule has 0 N–H and O–H groups in total. The molecule has 0 aliphatic carbocycles. The Hall–Kier alpha value is -4.14. The summed E-state index contributed by atoms with van der Waals surface area (Å²) in [7, 11) is 3.00. The molecule has 0 aliphatic rings. The number of alkyl halides is 3. The van der Waals surface area contributed by atoms with Gasteiger partial charge in [-0.3, -0.25) is 9.78 Å². The molecule has 0 aliphatic heterocycles. The third kappa shape index (κ3) is 4.63. The first-order chi connectivity index (χ1) is 16.3. The summed E-state index contributed by atoms with van der Waals surface area (Å²) in [6.07, 6.45) is -1.47. The van der Waals surface area contributed by atoms with Gasteiger partial charge in [-0.25, -0.2) is 4.68 Å². The van der Waals surface area contributed by atoms with Gasteiger partial charge >= 0.3 is 6.18 Å². The van der Waals surface area contributed by atoms with Gasteiger partial charge in [0.25, 0.3) is 5.91 Å². The molecule has 1 amide bonds. The molecule has 9 heteroatoms. The highest BCUT2D eigenvalue weighted by Crippen LogP contribution is 2.32. The van der Waals surface area contributed by atoms with Crippen LogP contribution in [-0.2, 0) is 6.18 Å². The van der Waals surface area contributed by atoms with Gasteiger partial charge in [0.05, 0.1) is 36.3 Å². The molecule has 1 atom stereocenters. The lowest BCUT2D eigenvalue weighted by molar-refractivity contribution is -0.137. The molecule has 2 heterocycles. The fraction of sp³-hybridized carbons (Fsp3) is 0.160. The largest absolute Gasteiger partial charge is 0.493 e. The first kappa shape index (κ1) is 23.0. The molecule has 0 spiro atoms. The van der Waals surface area contributed by atoms with Crippen LogP contribution >= 0.6 is 0 Å². The van der Waals surface area contributed by atoms with E-state index in [4.69, 9.17) is 4.74 Å². The summed E-state index contributed by atoms with van der Waals surface area (Å²) in [6.45, 7) is 0. The second kappa shape index (κ2) is 9.38. The Balaban J connectivity index is 1.73. The van der Waals surface area contributed by atoms with Crippen molar-refractivity contribution in [1.82, 2.24) is 19.7 Å². The Morgan fingerprint density at radius 3 is 2.41 bits per heavy atom. The van der Waals surface area contributed by atoms with Crippen LogP contribution in [-0.4, -0.2) is 39.7 Å². The van der Waals surface area contributed by atoms with Gasteiger partial charge in [0.1, 0.15) is 0 Å². The number of benzene rings is 2. The lowest BCUT2D eigenvalue weighted by Crippen LogP contribution is -2.33. The number of nitrogens with zero attached hydrogens (tertiary/aromatic N) is 4. The first-order valence-corrected chi connectivity index (χ1v) is 10.3. The zero-order valence-electron chi connectivity index (χ0n) is 18.4. The van der Waals surface area contributed by atoms with Crippen LogP contribution in [0.2, 0.25) is 0 Å². The Morgan fingerprint density at radius 1 is 1.03 bits per heavy atom. The van der Waals surface area contributed by atoms with Crippen LogP contribution in [0.15, 0.2) is 85.2 Å². The SMILES string of the molecule is COc1cn(-c2cccc(C(F)(F)F)c2)nc1C(=O)N(C)C(c1ccccc1)c1ccccn1. The number of halogens is 3. The van der Waals surface area contributed by atoms with Crippen LogP contribution in [0.25, 0.3) is 5.69 Å². The average molecular weight is 466 g/mol. The average Bonchev–Trinajstić information content (AvgIpc) is 3.29. The minimum Gasteiger partial charge on any atom is -0.493 e. The molecular formula is C25H21F3N4O2. The maximum atomic E-state index is 13.5. The van der Waals surface area contributed by atoms with Crippen LogP contribution < -0.4 is 4.74 Å². The van der Waals surface area contributed by atoms with E-state index in [-0.39, 0.29) is 17.1 Å². The van der Waals surface area contributed by atoms with Crippen molar-refractivity contribution in [3.05, 3.63) is 108 Å². The molecule has 0 radical (unpaired) electrons. The minimum atomic E-state index is -4.50. The number of carbonyl (C=O) groups excluding carboxylic acids is 1. The zero-order valence-corrected chi connectivity index (χ0v) is 18.4. The van der Waals surface area contributed by atoms with Crippen molar-refractivity contribution >= 4 is 5.91 Å². The van der Waals surface area contributed by atoms with E-state index in [1.54, 1.807) is 19.3 Å². The summed E-state index contributed by atoms with van der Waals surface area (Å²) in [5, 5.41) is 4.28. The van der Waals surface area contributed by atoms with E-state index < -0.39 is 23.7 Å². The smallest absolute Gasteiger partial charge is 0.416 e. The maximum Gasteiger partial charge on any atom is 0.416 e. The Morgan fingerprint density at radius 2 is 1.76 bits per heavy atom. The highest BCUT2D eigenvalue weighted by molar-refractivity contribution is 5.95. The lowest BCUT2D eigenvalue weighted by atomic mass is 10.0. The summed E-state index contributed by atoms with van der Waals surface area (Å²) in [6, 6.07) is 19.0. The summed E-state index contributed by atoms with van der Waals surface area (Å²) in [5.74, 6) is -0.329. The number of rotatable bonds is 6. The molecule has 2 aromatic heterocycles. The van der Waals surface area contributed by atoms with Crippen molar-refractivity contribution < 1.29 is 22.7 Å². The fourth-order valence-corrected chi connectivity index (χ4v) is 3.66. The van der Waals surface area contributed by atoms with Crippen LogP contribution in [0.4, 0.5) is 13.2 Å². The van der Waals surface area contributed by atoms with E-state index in [0.717, 1.165) is 17.7 Å². The van der Waals surface area contributed by atoms with Gasteiger partial charge in [0.15, 0.2) is 11.4 Å². The van der Waals surface area contributed by atoms with E-state index >= 15 is 0 Å². The quantitative estimate of drug-likeness (QED) is 0.394. The molecule has 4 aromatic rings. The normalized spacial score (nSPS) is 12.3. The van der Waals surface area contributed by atoms with Crippen molar-refractivity contribution in [3.63, 3.8) is 0 Å². The zero-order chi connectivity index (χ0) is 24.3. The fourth-order valence-electron chi connectivity index (χ4n) is 3.66. The number of hydrogen-bond acceptors (Lipinski definition) is 4. The number of amides is 1. The third-order valence-electron chi connectivity index (χ3n) is 5.33. The minimum absolute atomic E-state index is 0.0285. The van der Waals surface area contributed by atoms with Gasteiger partial charge < -0.3 is 9.64 Å². The molecule has 174 valence electrons. The third-order valence-corrected chi connectivity index (χ3v) is 5.33. The lowest BCUT2D eigenvalue weighted by Gasteiger charge is -2.28. The molecule has 0 bridgehead atoms. The van der Waals surface area contributed by atoms with Gasteiger partial charge in [-0.2, -0.15) is 18.3 Å². The summed E-state index contributed by atoms with van der Waals surface area (Å²) < 4.78 is 46.0. The Bertz CT molecular complexity index is 1230. The van der Waals surface area contributed by atoms with Crippen LogP contribution in [0.1, 0.15) is 33.4 Å². The molecule has 6 nitrogen and oxygen atoms in total. The van der Waals surface area contributed by atoms with Crippen molar-refractivity contribution in [1.29, 1.82) is 0 Å². The van der Waals surface area contributed by atoms with Crippen molar-refractivity contribution in [3.8, 4) is 11.4 Å². The molecule has 0 saturated heterocycles. The molecule has 2 aromatic carbocycles. The number of carbonyl (C=O) groups is 1. The molecule has 1 unspecified atom stereocenters. The van der Waals surface area contributed by atoms with Crippen molar-refractivity contribution in [2.24, 2.45) is 0 Å². The van der Waals surface area contributed by atoms with E-state index in [2.05, 4.69) is 10.1 Å². The number of pyridine rings is 1. The highest BCUT2D eigenvalue weighted by Gasteiger charge is 2.32. The van der Waals surface area contributed by atoms with E-state index in [0.29, 0.717) is 5.69 Å². The highest BCUT2D eigenvalue weighted by atomic mass is 19.4. The molecule has 34 heavy (non-hydrogen) atoms. The van der Waals surface area contributed by atoms with Gasteiger partial charge in [0.2, 0.25) is 0 Å². The predicted octanol–water partition coefficient (Wildman–Crippen LogP) is 5.16. The monoisotopic (exact) mass is 466 g/mol. The number of hydrogen-bond donors (Lipinski definition) is 0. The summed E-state index contributed by atoms with van der Waals surface area (Å²) >= 11 is 0. The van der Waals surface area contributed by atoms with E-state index in [9.17, 15) is 18.0 Å². The van der Waals surface area contributed by atoms with Crippen molar-refractivity contribution in [2.75, 3.05) is 14.2 Å². The van der Waals surface area contributed by atoms with Gasteiger partial charge in [-0.1, -0.05) is 42.5 Å². The number of methoxy groups -OCH3 is 1. The number of ether oxygens (including phenoxy) is 1. The predicted molar refractivity (Wildman–Crippen MR) is 120 cm³/mol. The molecule has 0 fully saturated rings. The Kier molecular flexibility index (Phi) is 6.36.